The van der Waals surface area contributed by atoms with E-state index in [2.05, 4.69) is 31.9 Å². The van der Waals surface area contributed by atoms with Gasteiger partial charge in [-0.1, -0.05) is 56.1 Å². The minimum absolute atomic E-state index is 0.0487. The molecule has 0 unspecified atom stereocenters. The summed E-state index contributed by atoms with van der Waals surface area (Å²) in [5.74, 6) is -0.930. The van der Waals surface area contributed by atoms with Crippen LogP contribution in [0.25, 0.3) is 0 Å². The fourth-order valence-electron chi connectivity index (χ4n) is 3.56. The maximum Gasteiger partial charge on any atom is 0.311 e. The lowest BCUT2D eigenvalue weighted by Crippen LogP contribution is -2.27. The number of halogens is 2. The van der Waals surface area contributed by atoms with Crippen LogP contribution in [0, 0.1) is 5.92 Å². The van der Waals surface area contributed by atoms with E-state index in [0.29, 0.717) is 23.6 Å². The number of carbonyl (C=O) groups is 3. The summed E-state index contributed by atoms with van der Waals surface area (Å²) in [5.41, 5.74) is 2.19. The number of amides is 1. The van der Waals surface area contributed by atoms with Crippen molar-refractivity contribution in [2.75, 3.05) is 18.1 Å². The zero-order valence-corrected chi connectivity index (χ0v) is 21.3. The lowest BCUT2D eigenvalue weighted by atomic mass is 10.1. The normalized spacial score (nSPS) is 15.3. The van der Waals surface area contributed by atoms with E-state index >= 15 is 0 Å². The molecule has 174 valence electrons. The Morgan fingerprint density at radius 2 is 1.50 bits per heavy atom. The second-order valence-electron chi connectivity index (χ2n) is 7.85. The fourth-order valence-corrected chi connectivity index (χ4v) is 4.09. The summed E-state index contributed by atoms with van der Waals surface area (Å²) in [6.45, 7) is 0.293. The highest BCUT2D eigenvalue weighted by molar-refractivity contribution is 9.10. The molecule has 1 aliphatic rings. The van der Waals surface area contributed by atoms with E-state index in [1.165, 1.54) is 0 Å². The molecule has 0 radical (unpaired) electrons. The largest absolute Gasteiger partial charge is 0.489 e. The van der Waals surface area contributed by atoms with E-state index in [1.807, 2.05) is 24.3 Å². The summed E-state index contributed by atoms with van der Waals surface area (Å²) in [7, 11) is 0. The van der Waals surface area contributed by atoms with Crippen LogP contribution >= 0.6 is 31.9 Å². The second kappa shape index (κ2) is 11.0. The molecule has 0 bridgehead atoms. The molecule has 0 saturated carbocycles. The van der Waals surface area contributed by atoms with Crippen LogP contribution in [0.2, 0.25) is 0 Å². The van der Waals surface area contributed by atoms with Gasteiger partial charge in [0.25, 0.3) is 0 Å². The van der Waals surface area contributed by atoms with Crippen molar-refractivity contribution in [3.05, 3.63) is 92.9 Å². The molecule has 0 aliphatic carbocycles. The minimum Gasteiger partial charge on any atom is -0.489 e. The second-order valence-corrected chi connectivity index (χ2v) is 9.68. The van der Waals surface area contributed by atoms with Gasteiger partial charge in [0, 0.05) is 33.2 Å². The van der Waals surface area contributed by atoms with Crippen molar-refractivity contribution < 1.29 is 23.9 Å². The molecule has 1 fully saturated rings. The number of nitrogens with zero attached hydrogens (tertiary/aromatic N) is 1. The third-order valence-electron chi connectivity index (χ3n) is 5.44. The van der Waals surface area contributed by atoms with Gasteiger partial charge < -0.3 is 14.4 Å². The molecular formula is C26H21Br2NO5. The molecule has 34 heavy (non-hydrogen) atoms. The predicted molar refractivity (Wildman–Crippen MR) is 135 cm³/mol. The first kappa shape index (κ1) is 24.2. The number of carbonyl (C=O) groups excluding carboxylic acids is 3. The van der Waals surface area contributed by atoms with Gasteiger partial charge in [0.1, 0.15) is 12.4 Å². The van der Waals surface area contributed by atoms with Gasteiger partial charge in [-0.25, -0.2) is 0 Å². The number of benzene rings is 3. The molecule has 1 aliphatic heterocycles. The summed E-state index contributed by atoms with van der Waals surface area (Å²) < 4.78 is 12.9. The highest BCUT2D eigenvalue weighted by atomic mass is 79.9. The maximum absolute atomic E-state index is 12.5. The van der Waals surface area contributed by atoms with Gasteiger partial charge in [-0.05, 0) is 54.1 Å². The first-order chi connectivity index (χ1) is 16.4. The summed E-state index contributed by atoms with van der Waals surface area (Å²) in [5, 5.41) is 0. The van der Waals surface area contributed by atoms with Gasteiger partial charge in [0.05, 0.1) is 5.92 Å². The van der Waals surface area contributed by atoms with Gasteiger partial charge in [-0.3, -0.25) is 14.4 Å². The van der Waals surface area contributed by atoms with Crippen molar-refractivity contribution in [3.8, 4) is 5.75 Å². The summed E-state index contributed by atoms with van der Waals surface area (Å²) in [6.07, 6.45) is 0.0487. The Morgan fingerprint density at radius 1 is 0.882 bits per heavy atom. The summed E-state index contributed by atoms with van der Waals surface area (Å²) >= 11 is 6.72. The summed E-state index contributed by atoms with van der Waals surface area (Å²) in [4.78, 5) is 38.8. The van der Waals surface area contributed by atoms with Crippen molar-refractivity contribution in [2.45, 2.75) is 13.0 Å². The monoisotopic (exact) mass is 585 g/mol. The van der Waals surface area contributed by atoms with Gasteiger partial charge in [-0.15, -0.1) is 0 Å². The summed E-state index contributed by atoms with van der Waals surface area (Å²) in [6, 6.07) is 21.9. The van der Waals surface area contributed by atoms with Crippen LogP contribution in [0.4, 0.5) is 5.69 Å². The van der Waals surface area contributed by atoms with Crippen LogP contribution in [0.1, 0.15) is 22.3 Å². The number of ether oxygens (including phenoxy) is 2. The lowest BCUT2D eigenvalue weighted by Gasteiger charge is -2.17. The molecule has 1 saturated heterocycles. The maximum atomic E-state index is 12.5. The SMILES string of the molecule is O=C(COC(=O)[C@@H]1CC(=O)N(c2ccc(OCc3ccc(Br)cc3)cc2)C1)c1ccc(Br)cc1. The third kappa shape index (κ3) is 6.12. The topological polar surface area (TPSA) is 72.9 Å². The molecule has 0 aromatic heterocycles. The van der Waals surface area contributed by atoms with E-state index in [-0.39, 0.29) is 31.3 Å². The van der Waals surface area contributed by atoms with E-state index in [9.17, 15) is 14.4 Å². The number of hydrogen-bond acceptors (Lipinski definition) is 5. The Bertz CT molecular complexity index is 1180. The molecule has 3 aromatic carbocycles. The van der Waals surface area contributed by atoms with Crippen molar-refractivity contribution in [2.24, 2.45) is 5.92 Å². The van der Waals surface area contributed by atoms with Crippen LogP contribution < -0.4 is 9.64 Å². The Balaban J connectivity index is 1.29. The van der Waals surface area contributed by atoms with Crippen molar-refractivity contribution in [1.29, 1.82) is 0 Å². The average Bonchev–Trinajstić information content (AvgIpc) is 3.24. The first-order valence-electron chi connectivity index (χ1n) is 10.6. The molecule has 1 heterocycles. The van der Waals surface area contributed by atoms with E-state index < -0.39 is 11.9 Å². The highest BCUT2D eigenvalue weighted by Crippen LogP contribution is 2.28. The smallest absolute Gasteiger partial charge is 0.311 e. The first-order valence-corrected chi connectivity index (χ1v) is 12.2. The van der Waals surface area contributed by atoms with Crippen LogP contribution in [0.15, 0.2) is 81.7 Å². The Hall–Kier alpha value is -2.97. The molecule has 0 spiro atoms. The van der Waals surface area contributed by atoms with Crippen LogP contribution in [-0.2, 0) is 20.9 Å². The Kier molecular flexibility index (Phi) is 7.80. The number of rotatable bonds is 8. The number of Topliss-reactive ketones (excluding diaryl/α,β-unsaturated/α-hetero) is 1. The molecule has 6 nitrogen and oxygen atoms in total. The van der Waals surface area contributed by atoms with Crippen molar-refractivity contribution in [1.82, 2.24) is 0 Å². The lowest BCUT2D eigenvalue weighted by molar-refractivity contribution is -0.147. The molecule has 1 amide bonds. The van der Waals surface area contributed by atoms with Gasteiger partial charge >= 0.3 is 5.97 Å². The number of hydrogen-bond donors (Lipinski definition) is 0. The predicted octanol–water partition coefficient (Wildman–Crippen LogP) is 5.57. The fraction of sp³-hybridized carbons (Fsp3) is 0.192. The van der Waals surface area contributed by atoms with E-state index in [4.69, 9.17) is 9.47 Å². The van der Waals surface area contributed by atoms with Crippen LogP contribution in [0.3, 0.4) is 0 Å². The highest BCUT2D eigenvalue weighted by Gasteiger charge is 2.36. The molecule has 8 heteroatoms. The number of esters is 1. The number of ketones is 1. The van der Waals surface area contributed by atoms with Gasteiger partial charge in [0.15, 0.2) is 12.4 Å². The van der Waals surface area contributed by atoms with Gasteiger partial charge in [0.2, 0.25) is 5.91 Å². The van der Waals surface area contributed by atoms with Crippen LogP contribution in [0.5, 0.6) is 5.75 Å². The van der Waals surface area contributed by atoms with Crippen molar-refractivity contribution >= 4 is 55.2 Å². The molecule has 4 rings (SSSR count). The molecule has 0 N–H and O–H groups in total. The van der Waals surface area contributed by atoms with E-state index in [0.717, 1.165) is 14.5 Å². The Labute approximate surface area is 214 Å². The molecule has 3 aromatic rings. The zero-order valence-electron chi connectivity index (χ0n) is 18.1. The Morgan fingerprint density at radius 3 is 2.15 bits per heavy atom. The average molecular weight is 587 g/mol. The zero-order chi connectivity index (χ0) is 24.1. The third-order valence-corrected chi connectivity index (χ3v) is 6.49. The quantitative estimate of drug-likeness (QED) is 0.255. The standard InChI is InChI=1S/C26H21Br2NO5/c27-20-5-1-17(2-6-20)15-33-23-11-9-22(10-12-23)29-14-19(13-25(29)31)26(32)34-16-24(30)18-3-7-21(28)8-4-18/h1-12,19H,13-16H2/t19-/m1/s1. The molecule has 1 atom stereocenters. The van der Waals surface area contributed by atoms with E-state index in [1.54, 1.807) is 53.4 Å². The van der Waals surface area contributed by atoms with Crippen molar-refractivity contribution in [3.63, 3.8) is 0 Å². The number of anilines is 1. The minimum atomic E-state index is -0.612. The van der Waals surface area contributed by atoms with Gasteiger partial charge in [-0.2, -0.15) is 0 Å². The molecular weight excluding hydrogens is 566 g/mol. The van der Waals surface area contributed by atoms with Crippen LogP contribution in [-0.4, -0.2) is 30.8 Å².